The van der Waals surface area contributed by atoms with Crippen molar-refractivity contribution in [3.8, 4) is 0 Å². The summed E-state index contributed by atoms with van der Waals surface area (Å²) >= 11 is 11.7. The zero-order valence-electron chi connectivity index (χ0n) is 10.4. The number of nitrogens with one attached hydrogen (secondary N) is 2. The summed E-state index contributed by atoms with van der Waals surface area (Å²) in [6.45, 7) is 1.64. The topological polar surface area (TPSA) is 50.4 Å². The molecule has 0 bridgehead atoms. The summed E-state index contributed by atoms with van der Waals surface area (Å²) in [7, 11) is 0. The normalized spacial score (nSPS) is 16.1. The highest BCUT2D eigenvalue weighted by atomic mass is 35.5. The Morgan fingerprint density at radius 2 is 2.00 bits per heavy atom. The van der Waals surface area contributed by atoms with Crippen molar-refractivity contribution in [2.75, 3.05) is 25.1 Å². The van der Waals surface area contributed by atoms with Crippen LogP contribution in [0, 0.1) is 0 Å². The molecule has 0 aliphatic carbocycles. The summed E-state index contributed by atoms with van der Waals surface area (Å²) in [5, 5.41) is 6.96. The van der Waals surface area contributed by atoms with Gasteiger partial charge in [-0.1, -0.05) is 23.2 Å². The molecule has 0 unspecified atom stereocenters. The molecule has 0 radical (unpaired) electrons. The SMILES string of the molecule is O=C(CNc1ccc(Cl)c(Cl)c1)NC1CCOCC1. The minimum atomic E-state index is -0.0297. The van der Waals surface area contributed by atoms with Crippen LogP contribution >= 0.6 is 23.2 Å². The predicted octanol–water partition coefficient (Wildman–Crippen LogP) is 2.70. The first-order chi connectivity index (χ1) is 9.15. The van der Waals surface area contributed by atoms with Crippen LogP contribution < -0.4 is 10.6 Å². The third-order valence-electron chi connectivity index (χ3n) is 2.96. The van der Waals surface area contributed by atoms with Crippen molar-refractivity contribution in [1.82, 2.24) is 5.32 Å². The highest BCUT2D eigenvalue weighted by Gasteiger charge is 2.15. The van der Waals surface area contributed by atoms with Gasteiger partial charge in [0, 0.05) is 24.9 Å². The van der Waals surface area contributed by atoms with Crippen LogP contribution in [0.4, 0.5) is 5.69 Å². The van der Waals surface area contributed by atoms with Gasteiger partial charge in [-0.05, 0) is 31.0 Å². The van der Waals surface area contributed by atoms with Gasteiger partial charge in [-0.15, -0.1) is 0 Å². The summed E-state index contributed by atoms with van der Waals surface area (Å²) < 4.78 is 5.24. The highest BCUT2D eigenvalue weighted by molar-refractivity contribution is 6.42. The maximum Gasteiger partial charge on any atom is 0.239 e. The molecule has 1 saturated heterocycles. The average molecular weight is 303 g/mol. The van der Waals surface area contributed by atoms with E-state index in [1.165, 1.54) is 0 Å². The fourth-order valence-electron chi connectivity index (χ4n) is 1.91. The molecule has 1 amide bonds. The molecule has 1 heterocycles. The van der Waals surface area contributed by atoms with Crippen molar-refractivity contribution < 1.29 is 9.53 Å². The first-order valence-electron chi connectivity index (χ1n) is 6.21. The molecule has 1 aromatic rings. The predicted molar refractivity (Wildman–Crippen MR) is 76.9 cm³/mol. The lowest BCUT2D eigenvalue weighted by molar-refractivity contribution is -0.120. The van der Waals surface area contributed by atoms with E-state index in [9.17, 15) is 4.79 Å². The zero-order chi connectivity index (χ0) is 13.7. The molecule has 0 spiro atoms. The Bertz CT molecular complexity index is 448. The summed E-state index contributed by atoms with van der Waals surface area (Å²) in [6.07, 6.45) is 1.75. The van der Waals surface area contributed by atoms with Gasteiger partial charge in [0.2, 0.25) is 5.91 Å². The number of rotatable bonds is 4. The number of halogens is 2. The van der Waals surface area contributed by atoms with E-state index in [1.807, 2.05) is 0 Å². The molecule has 6 heteroatoms. The lowest BCUT2D eigenvalue weighted by Crippen LogP contribution is -2.41. The molecule has 1 fully saturated rings. The third kappa shape index (κ3) is 4.56. The molecule has 2 rings (SSSR count). The minimum Gasteiger partial charge on any atom is -0.381 e. The van der Waals surface area contributed by atoms with Gasteiger partial charge in [-0.3, -0.25) is 4.79 Å². The minimum absolute atomic E-state index is 0.0297. The summed E-state index contributed by atoms with van der Waals surface area (Å²) in [6, 6.07) is 5.40. The van der Waals surface area contributed by atoms with E-state index in [4.69, 9.17) is 27.9 Å². The Morgan fingerprint density at radius 1 is 1.26 bits per heavy atom. The molecule has 1 aliphatic rings. The second-order valence-corrected chi connectivity index (χ2v) is 5.25. The van der Waals surface area contributed by atoms with E-state index in [0.717, 1.165) is 18.5 Å². The number of carbonyl (C=O) groups is 1. The number of benzene rings is 1. The molecular formula is C13H16Cl2N2O2. The number of hydrogen-bond donors (Lipinski definition) is 2. The van der Waals surface area contributed by atoms with Crippen LogP contribution in [0.1, 0.15) is 12.8 Å². The van der Waals surface area contributed by atoms with E-state index in [1.54, 1.807) is 18.2 Å². The van der Waals surface area contributed by atoms with Crippen LogP contribution in [0.25, 0.3) is 0 Å². The van der Waals surface area contributed by atoms with Crippen LogP contribution in [0.3, 0.4) is 0 Å². The molecule has 104 valence electrons. The Morgan fingerprint density at radius 3 is 2.68 bits per heavy atom. The molecule has 1 aliphatic heterocycles. The Balaban J connectivity index is 1.77. The van der Waals surface area contributed by atoms with Crippen molar-refractivity contribution in [1.29, 1.82) is 0 Å². The largest absolute Gasteiger partial charge is 0.381 e. The molecular weight excluding hydrogens is 287 g/mol. The van der Waals surface area contributed by atoms with Gasteiger partial charge in [0.1, 0.15) is 0 Å². The molecule has 0 atom stereocenters. The second-order valence-electron chi connectivity index (χ2n) is 4.44. The lowest BCUT2D eigenvalue weighted by atomic mass is 10.1. The van der Waals surface area contributed by atoms with Gasteiger partial charge in [0.25, 0.3) is 0 Å². The van der Waals surface area contributed by atoms with Crippen molar-refractivity contribution in [2.45, 2.75) is 18.9 Å². The smallest absolute Gasteiger partial charge is 0.239 e. The van der Waals surface area contributed by atoms with Crippen LogP contribution in [-0.2, 0) is 9.53 Å². The van der Waals surface area contributed by atoms with Crippen molar-refractivity contribution in [2.24, 2.45) is 0 Å². The molecule has 0 saturated carbocycles. The van der Waals surface area contributed by atoms with Crippen LogP contribution in [0.5, 0.6) is 0 Å². The van der Waals surface area contributed by atoms with Gasteiger partial charge < -0.3 is 15.4 Å². The van der Waals surface area contributed by atoms with Crippen LogP contribution in [-0.4, -0.2) is 31.7 Å². The Hall–Kier alpha value is -0.970. The van der Waals surface area contributed by atoms with Gasteiger partial charge in [0.05, 0.1) is 16.6 Å². The fourth-order valence-corrected chi connectivity index (χ4v) is 2.21. The third-order valence-corrected chi connectivity index (χ3v) is 3.70. The molecule has 1 aromatic carbocycles. The molecule has 4 nitrogen and oxygen atoms in total. The van der Waals surface area contributed by atoms with Gasteiger partial charge in [-0.2, -0.15) is 0 Å². The van der Waals surface area contributed by atoms with E-state index in [0.29, 0.717) is 23.3 Å². The molecule has 2 N–H and O–H groups in total. The Labute approximate surface area is 122 Å². The first kappa shape index (κ1) is 14.4. The summed E-state index contributed by atoms with van der Waals surface area (Å²) in [4.78, 5) is 11.8. The average Bonchev–Trinajstić information content (AvgIpc) is 2.41. The Kier molecular flexibility index (Phi) is 5.31. The quantitative estimate of drug-likeness (QED) is 0.899. The van der Waals surface area contributed by atoms with Gasteiger partial charge in [-0.25, -0.2) is 0 Å². The van der Waals surface area contributed by atoms with Crippen molar-refractivity contribution in [3.05, 3.63) is 28.2 Å². The van der Waals surface area contributed by atoms with Crippen molar-refractivity contribution >= 4 is 34.8 Å². The number of ether oxygens (including phenoxy) is 1. The number of anilines is 1. The van der Waals surface area contributed by atoms with Crippen LogP contribution in [0.2, 0.25) is 10.0 Å². The summed E-state index contributed by atoms with van der Waals surface area (Å²) in [5.74, 6) is -0.0297. The maximum absolute atomic E-state index is 11.8. The van der Waals surface area contributed by atoms with E-state index >= 15 is 0 Å². The first-order valence-corrected chi connectivity index (χ1v) is 6.97. The van der Waals surface area contributed by atoms with E-state index < -0.39 is 0 Å². The fraction of sp³-hybridized carbons (Fsp3) is 0.462. The number of carbonyl (C=O) groups excluding carboxylic acids is 1. The van der Waals surface area contributed by atoms with Crippen LogP contribution in [0.15, 0.2) is 18.2 Å². The maximum atomic E-state index is 11.8. The number of amides is 1. The second kappa shape index (κ2) is 6.98. The number of hydrogen-bond acceptors (Lipinski definition) is 3. The monoisotopic (exact) mass is 302 g/mol. The standard InChI is InChI=1S/C13H16Cl2N2O2/c14-11-2-1-10(7-12(11)15)16-8-13(18)17-9-3-5-19-6-4-9/h1-2,7,9,16H,3-6,8H2,(H,17,18). The molecule has 0 aromatic heterocycles. The van der Waals surface area contributed by atoms with E-state index in [2.05, 4.69) is 10.6 Å². The van der Waals surface area contributed by atoms with Gasteiger partial charge >= 0.3 is 0 Å². The summed E-state index contributed by atoms with van der Waals surface area (Å²) in [5.41, 5.74) is 0.775. The zero-order valence-corrected chi connectivity index (χ0v) is 11.9. The van der Waals surface area contributed by atoms with E-state index in [-0.39, 0.29) is 18.5 Å². The highest BCUT2D eigenvalue weighted by Crippen LogP contribution is 2.24. The van der Waals surface area contributed by atoms with Gasteiger partial charge in [0.15, 0.2) is 0 Å². The lowest BCUT2D eigenvalue weighted by Gasteiger charge is -2.23. The van der Waals surface area contributed by atoms with Crippen molar-refractivity contribution in [3.63, 3.8) is 0 Å². The molecule has 19 heavy (non-hydrogen) atoms.